The molecule has 0 saturated heterocycles. The van der Waals surface area contributed by atoms with Crippen molar-refractivity contribution in [3.63, 3.8) is 0 Å². The van der Waals surface area contributed by atoms with Crippen molar-refractivity contribution in [1.82, 2.24) is 0 Å². The number of hydrogen-bond donors (Lipinski definition) is 0. The molecule has 1 aliphatic rings. The molecule has 0 N–H and O–H groups in total. The highest BCUT2D eigenvalue weighted by molar-refractivity contribution is 5.92. The fraction of sp³-hybridized carbons (Fsp3) is 0.353. The quantitative estimate of drug-likeness (QED) is 0.815. The van der Waals surface area contributed by atoms with Gasteiger partial charge in [-0.3, -0.25) is 0 Å². The summed E-state index contributed by atoms with van der Waals surface area (Å²) >= 11 is 0. The van der Waals surface area contributed by atoms with E-state index in [1.54, 1.807) is 0 Å². The zero-order chi connectivity index (χ0) is 13.1. The van der Waals surface area contributed by atoms with E-state index in [0.717, 1.165) is 23.1 Å². The molecule has 2 nitrogen and oxygen atoms in total. The first-order valence-corrected chi connectivity index (χ1v) is 6.93. The van der Waals surface area contributed by atoms with Crippen molar-refractivity contribution in [3.05, 3.63) is 42.0 Å². The van der Waals surface area contributed by atoms with E-state index >= 15 is 0 Å². The third-order valence-corrected chi connectivity index (χ3v) is 3.95. The Balaban J connectivity index is 1.89. The van der Waals surface area contributed by atoms with E-state index in [-0.39, 0.29) is 0 Å². The Bertz CT molecular complexity index is 621. The van der Waals surface area contributed by atoms with E-state index in [9.17, 15) is 0 Å². The van der Waals surface area contributed by atoms with Crippen LogP contribution in [0.3, 0.4) is 0 Å². The van der Waals surface area contributed by atoms with Crippen LogP contribution >= 0.6 is 0 Å². The van der Waals surface area contributed by atoms with Crippen LogP contribution in [0.4, 0.5) is 0 Å². The predicted octanol–water partition coefficient (Wildman–Crippen LogP) is 4.28. The van der Waals surface area contributed by atoms with Crippen molar-refractivity contribution in [1.29, 1.82) is 5.26 Å². The summed E-state index contributed by atoms with van der Waals surface area (Å²) in [4.78, 5) is 0. The van der Waals surface area contributed by atoms with Gasteiger partial charge in [0, 0.05) is 10.8 Å². The molecule has 0 aliphatic heterocycles. The predicted molar refractivity (Wildman–Crippen MR) is 76.1 cm³/mol. The molecule has 96 valence electrons. The van der Waals surface area contributed by atoms with Gasteiger partial charge < -0.3 is 4.74 Å². The first kappa shape index (κ1) is 12.0. The second-order valence-electron chi connectivity index (χ2n) is 5.23. The van der Waals surface area contributed by atoms with Gasteiger partial charge >= 0.3 is 0 Å². The van der Waals surface area contributed by atoms with Gasteiger partial charge in [0.1, 0.15) is 5.75 Å². The third-order valence-electron chi connectivity index (χ3n) is 3.95. The Kier molecular flexibility index (Phi) is 3.37. The van der Waals surface area contributed by atoms with Crippen molar-refractivity contribution in [2.24, 2.45) is 5.92 Å². The summed E-state index contributed by atoms with van der Waals surface area (Å²) in [7, 11) is 0. The van der Waals surface area contributed by atoms with E-state index in [1.165, 1.54) is 25.7 Å². The highest BCUT2D eigenvalue weighted by Gasteiger charge is 2.16. The van der Waals surface area contributed by atoms with Crippen LogP contribution < -0.4 is 4.74 Å². The van der Waals surface area contributed by atoms with Gasteiger partial charge in [-0.05, 0) is 30.9 Å². The second-order valence-corrected chi connectivity index (χ2v) is 5.23. The minimum atomic E-state index is 0.703. The molecule has 0 unspecified atom stereocenters. The number of nitriles is 1. The summed E-state index contributed by atoms with van der Waals surface area (Å²) in [6, 6.07) is 14.0. The average molecular weight is 251 g/mol. The molecule has 2 heteroatoms. The van der Waals surface area contributed by atoms with Crippen LogP contribution in [-0.4, -0.2) is 6.61 Å². The lowest BCUT2D eigenvalue weighted by molar-refractivity contribution is 0.255. The minimum absolute atomic E-state index is 0.703. The highest BCUT2D eigenvalue weighted by Crippen LogP contribution is 2.30. The first-order chi connectivity index (χ1) is 9.38. The summed E-state index contributed by atoms with van der Waals surface area (Å²) in [5.41, 5.74) is 0.712. The van der Waals surface area contributed by atoms with E-state index < -0.39 is 0 Å². The van der Waals surface area contributed by atoms with Crippen molar-refractivity contribution in [2.45, 2.75) is 25.7 Å². The summed E-state index contributed by atoms with van der Waals surface area (Å²) in [6.07, 6.45) is 5.24. The zero-order valence-electron chi connectivity index (χ0n) is 10.9. The monoisotopic (exact) mass is 251 g/mol. The number of rotatable bonds is 3. The molecule has 0 heterocycles. The number of fused-ring (bicyclic) bond motifs is 1. The van der Waals surface area contributed by atoms with Gasteiger partial charge in [-0.1, -0.05) is 37.1 Å². The minimum Gasteiger partial charge on any atom is -0.493 e. The first-order valence-electron chi connectivity index (χ1n) is 6.93. The van der Waals surface area contributed by atoms with E-state index in [4.69, 9.17) is 10.00 Å². The van der Waals surface area contributed by atoms with E-state index in [0.29, 0.717) is 11.5 Å². The maximum atomic E-state index is 9.14. The molecule has 0 bridgehead atoms. The Hall–Kier alpha value is -2.01. The third kappa shape index (κ3) is 2.42. The molecule has 0 spiro atoms. The van der Waals surface area contributed by atoms with Crippen LogP contribution in [0.1, 0.15) is 31.2 Å². The summed E-state index contributed by atoms with van der Waals surface area (Å²) in [5.74, 6) is 1.61. The molecule has 0 amide bonds. The van der Waals surface area contributed by atoms with E-state index in [1.807, 2.05) is 36.4 Å². The summed E-state index contributed by atoms with van der Waals surface area (Å²) in [5, 5.41) is 11.2. The highest BCUT2D eigenvalue weighted by atomic mass is 16.5. The number of benzene rings is 2. The Morgan fingerprint density at radius 3 is 2.53 bits per heavy atom. The smallest absolute Gasteiger partial charge is 0.127 e. The molecule has 1 aliphatic carbocycles. The lowest BCUT2D eigenvalue weighted by atomic mass is 10.0. The van der Waals surface area contributed by atoms with Gasteiger partial charge in [-0.2, -0.15) is 5.26 Å². The fourth-order valence-corrected chi connectivity index (χ4v) is 2.88. The molecule has 2 aromatic rings. The second kappa shape index (κ2) is 5.32. The van der Waals surface area contributed by atoms with Gasteiger partial charge in [0.05, 0.1) is 18.2 Å². The Labute approximate surface area is 113 Å². The molecular formula is C17H17NO. The van der Waals surface area contributed by atoms with Crippen LogP contribution in [0.25, 0.3) is 10.8 Å². The van der Waals surface area contributed by atoms with Gasteiger partial charge in [0.15, 0.2) is 0 Å². The van der Waals surface area contributed by atoms with Crippen molar-refractivity contribution < 1.29 is 4.74 Å². The maximum absolute atomic E-state index is 9.14. The van der Waals surface area contributed by atoms with Crippen molar-refractivity contribution >= 4 is 10.8 Å². The lowest BCUT2D eigenvalue weighted by Crippen LogP contribution is -2.08. The molecule has 0 atom stereocenters. The number of hydrogen-bond acceptors (Lipinski definition) is 2. The molecular weight excluding hydrogens is 234 g/mol. The van der Waals surface area contributed by atoms with Crippen molar-refractivity contribution in [2.75, 3.05) is 6.61 Å². The Morgan fingerprint density at radius 2 is 1.79 bits per heavy atom. The normalized spacial score (nSPS) is 15.5. The molecule has 0 aromatic heterocycles. The molecule has 19 heavy (non-hydrogen) atoms. The van der Waals surface area contributed by atoms with Crippen LogP contribution in [0.15, 0.2) is 36.4 Å². The standard InChI is InChI=1S/C17H17NO/c18-11-14-9-10-17(16-8-4-3-7-15(14)16)19-12-13-5-1-2-6-13/h3-4,7-10,13H,1-2,5-6,12H2. The average Bonchev–Trinajstić information content (AvgIpc) is 2.98. The molecule has 1 saturated carbocycles. The van der Waals surface area contributed by atoms with Crippen LogP contribution in [-0.2, 0) is 0 Å². The van der Waals surface area contributed by atoms with Gasteiger partial charge in [0.25, 0.3) is 0 Å². The van der Waals surface area contributed by atoms with E-state index in [2.05, 4.69) is 6.07 Å². The number of nitrogens with zero attached hydrogens (tertiary/aromatic N) is 1. The fourth-order valence-electron chi connectivity index (χ4n) is 2.88. The van der Waals surface area contributed by atoms with Crippen LogP contribution in [0.5, 0.6) is 5.75 Å². The Morgan fingerprint density at radius 1 is 1.05 bits per heavy atom. The van der Waals surface area contributed by atoms with Gasteiger partial charge in [-0.25, -0.2) is 0 Å². The SMILES string of the molecule is N#Cc1ccc(OCC2CCCC2)c2ccccc12. The van der Waals surface area contributed by atoms with Gasteiger partial charge in [0.2, 0.25) is 0 Å². The lowest BCUT2D eigenvalue weighted by Gasteiger charge is -2.13. The molecule has 2 aromatic carbocycles. The molecule has 0 radical (unpaired) electrons. The molecule has 1 fully saturated rings. The van der Waals surface area contributed by atoms with Gasteiger partial charge in [-0.15, -0.1) is 0 Å². The number of ether oxygens (including phenoxy) is 1. The summed E-state index contributed by atoms with van der Waals surface area (Å²) in [6.45, 7) is 0.801. The van der Waals surface area contributed by atoms with Crippen LogP contribution in [0, 0.1) is 17.2 Å². The zero-order valence-corrected chi connectivity index (χ0v) is 10.9. The largest absolute Gasteiger partial charge is 0.493 e. The van der Waals surface area contributed by atoms with Crippen molar-refractivity contribution in [3.8, 4) is 11.8 Å². The summed E-state index contributed by atoms with van der Waals surface area (Å²) < 4.78 is 5.99. The maximum Gasteiger partial charge on any atom is 0.127 e. The van der Waals surface area contributed by atoms with Crippen LogP contribution in [0.2, 0.25) is 0 Å². The molecule has 3 rings (SSSR count). The topological polar surface area (TPSA) is 33.0 Å².